The van der Waals surface area contributed by atoms with Gasteiger partial charge in [-0.2, -0.15) is 5.10 Å². The highest BCUT2D eigenvalue weighted by molar-refractivity contribution is 7.11. The summed E-state index contributed by atoms with van der Waals surface area (Å²) >= 11 is 1.70. The number of hydrogen-bond acceptors (Lipinski definition) is 5. The van der Waals surface area contributed by atoms with E-state index in [-0.39, 0.29) is 18.1 Å². The molecule has 0 aromatic carbocycles. The summed E-state index contributed by atoms with van der Waals surface area (Å²) in [5, 5.41) is 4.87. The highest BCUT2D eigenvalue weighted by atomic mass is 32.1. The molecule has 0 saturated heterocycles. The molecule has 1 aliphatic carbocycles. The first-order valence-corrected chi connectivity index (χ1v) is 8.16. The number of hydrogen-bond donors (Lipinski definition) is 0. The van der Waals surface area contributed by atoms with Crippen LogP contribution in [-0.2, 0) is 37.8 Å². The zero-order valence-corrected chi connectivity index (χ0v) is 13.6. The zero-order chi connectivity index (χ0) is 15.7. The number of carbonyl (C=O) groups is 1. The Labute approximate surface area is 132 Å². The first-order valence-electron chi connectivity index (χ1n) is 7.34. The van der Waals surface area contributed by atoms with Crippen molar-refractivity contribution in [2.75, 3.05) is 7.05 Å². The first-order chi connectivity index (χ1) is 10.5. The third-order valence-corrected chi connectivity index (χ3v) is 5.00. The van der Waals surface area contributed by atoms with E-state index in [1.54, 1.807) is 30.3 Å². The van der Waals surface area contributed by atoms with Crippen molar-refractivity contribution in [2.24, 2.45) is 7.05 Å². The van der Waals surface area contributed by atoms with Gasteiger partial charge in [-0.05, 0) is 25.7 Å². The van der Waals surface area contributed by atoms with Crippen LogP contribution >= 0.6 is 11.3 Å². The van der Waals surface area contributed by atoms with Gasteiger partial charge in [0, 0.05) is 19.0 Å². The summed E-state index contributed by atoms with van der Waals surface area (Å²) in [4.78, 5) is 31.5. The number of nitrogens with zero attached hydrogens (tertiary/aromatic N) is 5. The fourth-order valence-electron chi connectivity index (χ4n) is 2.54. The Morgan fingerprint density at radius 3 is 2.86 bits per heavy atom. The molecule has 0 spiro atoms. The van der Waals surface area contributed by atoms with Crippen molar-refractivity contribution < 1.29 is 4.79 Å². The molecule has 0 N–H and O–H groups in total. The van der Waals surface area contributed by atoms with Crippen molar-refractivity contribution in [3.8, 4) is 0 Å². The van der Waals surface area contributed by atoms with E-state index < -0.39 is 0 Å². The van der Waals surface area contributed by atoms with Crippen molar-refractivity contribution in [2.45, 2.75) is 38.8 Å². The molecule has 22 heavy (non-hydrogen) atoms. The summed E-state index contributed by atoms with van der Waals surface area (Å²) in [5.74, 6) is -0.144. The molecule has 8 heteroatoms. The third kappa shape index (κ3) is 2.96. The third-order valence-electron chi connectivity index (χ3n) is 3.86. The van der Waals surface area contributed by atoms with Crippen LogP contribution in [-0.4, -0.2) is 37.2 Å². The smallest absolute Gasteiger partial charge is 0.337 e. The molecule has 2 aromatic heterocycles. The minimum Gasteiger partial charge on any atom is -0.337 e. The Morgan fingerprint density at radius 2 is 2.18 bits per heavy atom. The average molecular weight is 321 g/mol. The lowest BCUT2D eigenvalue weighted by molar-refractivity contribution is -0.131. The Bertz CT molecular complexity index is 721. The lowest BCUT2D eigenvalue weighted by atomic mass is 10.0. The van der Waals surface area contributed by atoms with Crippen LogP contribution in [0.5, 0.6) is 0 Å². The van der Waals surface area contributed by atoms with Gasteiger partial charge in [-0.15, -0.1) is 11.3 Å². The topological polar surface area (TPSA) is 73.0 Å². The highest BCUT2D eigenvalue weighted by Gasteiger charge is 2.18. The molecular weight excluding hydrogens is 302 g/mol. The van der Waals surface area contributed by atoms with Crippen molar-refractivity contribution in [3.05, 3.63) is 32.4 Å². The van der Waals surface area contributed by atoms with Gasteiger partial charge >= 0.3 is 5.69 Å². The highest BCUT2D eigenvalue weighted by Crippen LogP contribution is 2.27. The van der Waals surface area contributed by atoms with Crippen LogP contribution in [0.1, 0.15) is 28.4 Å². The molecule has 2 aromatic rings. The number of fused-ring (bicyclic) bond motifs is 1. The van der Waals surface area contributed by atoms with E-state index in [1.165, 1.54) is 39.0 Å². The normalized spacial score (nSPS) is 13.9. The second-order valence-corrected chi connectivity index (χ2v) is 6.78. The number of thiazole rings is 1. The zero-order valence-electron chi connectivity index (χ0n) is 12.8. The van der Waals surface area contributed by atoms with Crippen LogP contribution in [0.25, 0.3) is 0 Å². The summed E-state index contributed by atoms with van der Waals surface area (Å²) in [6, 6.07) is 0. The lowest BCUT2D eigenvalue weighted by Gasteiger charge is -2.15. The molecule has 0 atom stereocenters. The minimum atomic E-state index is -0.286. The van der Waals surface area contributed by atoms with Gasteiger partial charge in [0.25, 0.3) is 0 Å². The van der Waals surface area contributed by atoms with E-state index in [2.05, 4.69) is 10.1 Å². The van der Waals surface area contributed by atoms with E-state index in [1.807, 2.05) is 0 Å². The number of rotatable bonds is 4. The largest absolute Gasteiger partial charge is 0.345 e. The van der Waals surface area contributed by atoms with Crippen LogP contribution in [0.4, 0.5) is 0 Å². The molecule has 0 fully saturated rings. The molecule has 118 valence electrons. The van der Waals surface area contributed by atoms with Crippen molar-refractivity contribution in [1.29, 1.82) is 0 Å². The predicted octanol–water partition coefficient (Wildman–Crippen LogP) is 0.576. The standard InChI is InChI=1S/C14H19N5O2S/c1-17(13(20)8-19-14(21)18(2)9-15-19)7-12-16-10-5-3-4-6-11(10)22-12/h9H,3-8H2,1-2H3. The molecule has 0 aliphatic heterocycles. The first kappa shape index (κ1) is 15.0. The molecule has 1 aliphatic rings. The molecule has 0 saturated carbocycles. The van der Waals surface area contributed by atoms with E-state index in [9.17, 15) is 9.59 Å². The Hall–Kier alpha value is -1.96. The molecule has 3 rings (SSSR count). The van der Waals surface area contributed by atoms with Crippen molar-refractivity contribution >= 4 is 17.2 Å². The predicted molar refractivity (Wildman–Crippen MR) is 82.7 cm³/mol. The second-order valence-electron chi connectivity index (χ2n) is 5.62. The number of aromatic nitrogens is 4. The molecule has 0 unspecified atom stereocenters. The fourth-order valence-corrected chi connectivity index (χ4v) is 3.75. The molecule has 7 nitrogen and oxygen atoms in total. The van der Waals surface area contributed by atoms with E-state index in [0.717, 1.165) is 17.8 Å². The maximum atomic E-state index is 12.2. The van der Waals surface area contributed by atoms with Gasteiger partial charge < -0.3 is 4.90 Å². The quantitative estimate of drug-likeness (QED) is 0.825. The van der Waals surface area contributed by atoms with Gasteiger partial charge in [-0.1, -0.05) is 0 Å². The Kier molecular flexibility index (Phi) is 4.10. The fraction of sp³-hybridized carbons (Fsp3) is 0.571. The maximum Gasteiger partial charge on any atom is 0.345 e. The van der Waals surface area contributed by atoms with Gasteiger partial charge in [-0.25, -0.2) is 14.5 Å². The van der Waals surface area contributed by atoms with Gasteiger partial charge in [0.2, 0.25) is 5.91 Å². The Morgan fingerprint density at radius 1 is 1.41 bits per heavy atom. The molecular formula is C14H19N5O2S. The van der Waals surface area contributed by atoms with Crippen molar-refractivity contribution in [1.82, 2.24) is 24.2 Å². The van der Waals surface area contributed by atoms with Gasteiger partial charge in [0.15, 0.2) is 0 Å². The molecule has 0 radical (unpaired) electrons. The summed E-state index contributed by atoms with van der Waals surface area (Å²) in [7, 11) is 3.34. The Balaban J connectivity index is 1.65. The lowest BCUT2D eigenvalue weighted by Crippen LogP contribution is -2.34. The number of amides is 1. The molecule has 0 bridgehead atoms. The second kappa shape index (κ2) is 6.04. The molecule has 1 amide bonds. The van der Waals surface area contributed by atoms with Gasteiger partial charge in [0.1, 0.15) is 17.9 Å². The maximum absolute atomic E-state index is 12.2. The van der Waals surface area contributed by atoms with E-state index in [4.69, 9.17) is 0 Å². The van der Waals surface area contributed by atoms with Crippen LogP contribution in [0.2, 0.25) is 0 Å². The number of carbonyl (C=O) groups excluding carboxylic acids is 1. The summed E-state index contributed by atoms with van der Waals surface area (Å²) < 4.78 is 2.52. The van der Waals surface area contributed by atoms with E-state index in [0.29, 0.717) is 6.54 Å². The van der Waals surface area contributed by atoms with Crippen LogP contribution in [0.15, 0.2) is 11.1 Å². The minimum absolute atomic E-state index is 0.0404. The SMILES string of the molecule is CN(Cc1nc2c(s1)CCCC2)C(=O)Cn1ncn(C)c1=O. The van der Waals surface area contributed by atoms with Crippen molar-refractivity contribution in [3.63, 3.8) is 0 Å². The summed E-state index contributed by atoms with van der Waals surface area (Å²) in [5.41, 5.74) is 0.916. The monoisotopic (exact) mass is 321 g/mol. The molecule has 2 heterocycles. The van der Waals surface area contributed by atoms with Crippen LogP contribution in [0.3, 0.4) is 0 Å². The average Bonchev–Trinajstić information content (AvgIpc) is 3.04. The van der Waals surface area contributed by atoms with Crippen LogP contribution < -0.4 is 5.69 Å². The number of likely N-dealkylation sites (N-methyl/N-ethyl adjacent to an activating group) is 1. The van der Waals surface area contributed by atoms with Crippen LogP contribution in [0, 0.1) is 0 Å². The number of aryl methyl sites for hydroxylation is 3. The van der Waals surface area contributed by atoms with Gasteiger partial charge in [-0.3, -0.25) is 9.36 Å². The summed E-state index contributed by atoms with van der Waals surface area (Å²) in [6.07, 6.45) is 5.99. The summed E-state index contributed by atoms with van der Waals surface area (Å²) in [6.45, 7) is 0.444. The van der Waals surface area contributed by atoms with Gasteiger partial charge in [0.05, 0.1) is 12.2 Å². The van der Waals surface area contributed by atoms with E-state index >= 15 is 0 Å².